The average Bonchev–Trinajstić information content (AvgIpc) is 2.67. The molecule has 1 heterocycles. The van der Waals surface area contributed by atoms with E-state index in [9.17, 15) is 0 Å². The largest absolute Gasteiger partial charge is 0.497 e. The zero-order valence-corrected chi connectivity index (χ0v) is 10.6. The van der Waals surface area contributed by atoms with Crippen molar-refractivity contribution in [2.45, 2.75) is 32.7 Å². The Morgan fingerprint density at radius 1 is 1.35 bits per heavy atom. The van der Waals surface area contributed by atoms with Gasteiger partial charge in [-0.3, -0.25) is 0 Å². The van der Waals surface area contributed by atoms with Crippen molar-refractivity contribution >= 4 is 17.0 Å². The molecule has 0 saturated heterocycles. The van der Waals surface area contributed by atoms with Crippen LogP contribution in [0, 0.1) is 0 Å². The first kappa shape index (κ1) is 11.8. The number of nitrogens with zero attached hydrogens (tertiary/aromatic N) is 2. The fraction of sp³-hybridized carbons (Fsp3) is 0.462. The van der Waals surface area contributed by atoms with E-state index >= 15 is 0 Å². The maximum absolute atomic E-state index is 6.01. The van der Waals surface area contributed by atoms with Gasteiger partial charge in [-0.25, -0.2) is 4.98 Å². The Morgan fingerprint density at radius 2 is 2.06 bits per heavy atom. The molecule has 0 aliphatic rings. The number of aromatic nitrogens is 2. The third-order valence-corrected chi connectivity index (χ3v) is 3.23. The first-order valence-electron chi connectivity index (χ1n) is 6.02. The molecular weight excluding hydrogens is 214 g/mol. The van der Waals surface area contributed by atoms with Crippen LogP contribution in [0.3, 0.4) is 0 Å². The van der Waals surface area contributed by atoms with Crippen molar-refractivity contribution in [3.05, 3.63) is 18.2 Å². The van der Waals surface area contributed by atoms with E-state index in [4.69, 9.17) is 10.5 Å². The van der Waals surface area contributed by atoms with E-state index < -0.39 is 0 Å². The number of fused-ring (bicyclic) bond motifs is 1. The minimum Gasteiger partial charge on any atom is -0.497 e. The molecule has 2 N–H and O–H groups in total. The number of nitrogen functional groups attached to an aromatic ring is 1. The number of imidazole rings is 1. The van der Waals surface area contributed by atoms with Gasteiger partial charge in [0.1, 0.15) is 5.75 Å². The number of hydrogen-bond donors (Lipinski definition) is 1. The minimum absolute atomic E-state index is 0.395. The van der Waals surface area contributed by atoms with Gasteiger partial charge >= 0.3 is 0 Å². The zero-order valence-electron chi connectivity index (χ0n) is 10.6. The highest BCUT2D eigenvalue weighted by Crippen LogP contribution is 2.29. The summed E-state index contributed by atoms with van der Waals surface area (Å²) in [5.41, 5.74) is 7.99. The van der Waals surface area contributed by atoms with E-state index in [-0.39, 0.29) is 0 Å². The van der Waals surface area contributed by atoms with Gasteiger partial charge < -0.3 is 15.0 Å². The highest BCUT2D eigenvalue weighted by molar-refractivity contribution is 5.80. The fourth-order valence-corrected chi connectivity index (χ4v) is 2.26. The number of hydrogen-bond acceptors (Lipinski definition) is 3. The van der Waals surface area contributed by atoms with Crippen molar-refractivity contribution in [2.24, 2.45) is 0 Å². The predicted octanol–water partition coefficient (Wildman–Crippen LogP) is 2.99. The standard InChI is InChI=1S/C13H19N3O/c1-4-9(5-2)16-12-8-10(17-3)6-7-11(12)15-13(16)14/h6-9H,4-5H2,1-3H3,(H2,14,15). The normalized spacial score (nSPS) is 11.3. The quantitative estimate of drug-likeness (QED) is 0.883. The molecule has 92 valence electrons. The Bertz CT molecular complexity index is 515. The molecule has 0 spiro atoms. The van der Waals surface area contributed by atoms with Crippen molar-refractivity contribution in [3.63, 3.8) is 0 Å². The van der Waals surface area contributed by atoms with Crippen molar-refractivity contribution in [1.82, 2.24) is 9.55 Å². The van der Waals surface area contributed by atoms with Crippen LogP contribution < -0.4 is 10.5 Å². The molecule has 4 heteroatoms. The predicted molar refractivity (Wildman–Crippen MR) is 70.3 cm³/mol. The van der Waals surface area contributed by atoms with E-state index in [1.165, 1.54) is 0 Å². The van der Waals surface area contributed by atoms with E-state index in [1.54, 1.807) is 7.11 Å². The molecule has 0 aliphatic heterocycles. The molecule has 2 aromatic rings. The van der Waals surface area contributed by atoms with Gasteiger partial charge in [-0.2, -0.15) is 0 Å². The molecular formula is C13H19N3O. The van der Waals surface area contributed by atoms with Crippen molar-refractivity contribution < 1.29 is 4.74 Å². The molecule has 1 aromatic heterocycles. The molecule has 1 aromatic carbocycles. The Hall–Kier alpha value is -1.71. The Balaban J connectivity index is 2.63. The number of methoxy groups -OCH3 is 1. The molecule has 0 aliphatic carbocycles. The topological polar surface area (TPSA) is 53.1 Å². The summed E-state index contributed by atoms with van der Waals surface area (Å²) >= 11 is 0. The minimum atomic E-state index is 0.395. The van der Waals surface area contributed by atoms with Crippen LogP contribution in [0.2, 0.25) is 0 Å². The molecule has 0 amide bonds. The summed E-state index contributed by atoms with van der Waals surface area (Å²) in [6, 6.07) is 6.25. The molecule has 0 bridgehead atoms. The fourth-order valence-electron chi connectivity index (χ4n) is 2.26. The summed E-state index contributed by atoms with van der Waals surface area (Å²) < 4.78 is 7.36. The zero-order chi connectivity index (χ0) is 12.4. The van der Waals surface area contributed by atoms with E-state index in [0.717, 1.165) is 29.6 Å². The lowest BCUT2D eigenvalue weighted by molar-refractivity contribution is 0.414. The highest BCUT2D eigenvalue weighted by Gasteiger charge is 2.15. The van der Waals surface area contributed by atoms with Crippen LogP contribution in [0.5, 0.6) is 5.75 Å². The van der Waals surface area contributed by atoms with Gasteiger partial charge in [-0.15, -0.1) is 0 Å². The van der Waals surface area contributed by atoms with Crippen LogP contribution in [0.15, 0.2) is 18.2 Å². The molecule has 0 atom stereocenters. The number of ether oxygens (including phenoxy) is 1. The first-order chi connectivity index (χ1) is 8.21. The van der Waals surface area contributed by atoms with Crippen LogP contribution in [-0.4, -0.2) is 16.7 Å². The molecule has 4 nitrogen and oxygen atoms in total. The smallest absolute Gasteiger partial charge is 0.201 e. The summed E-state index contributed by atoms with van der Waals surface area (Å²) in [6.45, 7) is 4.33. The SMILES string of the molecule is CCC(CC)n1c(N)nc2ccc(OC)cc21. The van der Waals surface area contributed by atoms with Gasteiger partial charge in [0.15, 0.2) is 0 Å². The van der Waals surface area contributed by atoms with Gasteiger partial charge in [-0.05, 0) is 25.0 Å². The first-order valence-corrected chi connectivity index (χ1v) is 6.02. The van der Waals surface area contributed by atoms with Crippen molar-refractivity contribution in [3.8, 4) is 5.75 Å². The van der Waals surface area contributed by atoms with Crippen LogP contribution in [0.1, 0.15) is 32.7 Å². The number of anilines is 1. The second-order valence-electron chi connectivity index (χ2n) is 4.16. The van der Waals surface area contributed by atoms with Gasteiger partial charge in [0.2, 0.25) is 5.95 Å². The Morgan fingerprint density at radius 3 is 2.65 bits per heavy atom. The number of benzene rings is 1. The molecule has 0 fully saturated rings. The van der Waals surface area contributed by atoms with E-state index in [0.29, 0.717) is 12.0 Å². The Kier molecular flexibility index (Phi) is 3.22. The maximum atomic E-state index is 6.01. The summed E-state index contributed by atoms with van der Waals surface area (Å²) in [6.07, 6.45) is 2.09. The molecule has 0 saturated carbocycles. The highest BCUT2D eigenvalue weighted by atomic mass is 16.5. The lowest BCUT2D eigenvalue weighted by atomic mass is 10.1. The molecule has 0 radical (unpaired) electrons. The second kappa shape index (κ2) is 4.65. The number of nitrogens with two attached hydrogens (primary N) is 1. The second-order valence-corrected chi connectivity index (χ2v) is 4.16. The van der Waals surface area contributed by atoms with Gasteiger partial charge in [0.25, 0.3) is 0 Å². The maximum Gasteiger partial charge on any atom is 0.201 e. The summed E-state index contributed by atoms with van der Waals surface area (Å²) in [5.74, 6) is 1.42. The monoisotopic (exact) mass is 233 g/mol. The summed E-state index contributed by atoms with van der Waals surface area (Å²) in [7, 11) is 1.67. The summed E-state index contributed by atoms with van der Waals surface area (Å²) in [5, 5.41) is 0. The van der Waals surface area contributed by atoms with Gasteiger partial charge in [-0.1, -0.05) is 13.8 Å². The van der Waals surface area contributed by atoms with Crippen LogP contribution in [0.25, 0.3) is 11.0 Å². The number of rotatable bonds is 4. The van der Waals surface area contributed by atoms with Crippen LogP contribution in [-0.2, 0) is 0 Å². The molecule has 0 unspecified atom stereocenters. The lowest BCUT2D eigenvalue weighted by Crippen LogP contribution is -2.10. The van der Waals surface area contributed by atoms with Crippen molar-refractivity contribution in [1.29, 1.82) is 0 Å². The third-order valence-electron chi connectivity index (χ3n) is 3.23. The van der Waals surface area contributed by atoms with Gasteiger partial charge in [0, 0.05) is 12.1 Å². The van der Waals surface area contributed by atoms with E-state index in [2.05, 4.69) is 23.4 Å². The van der Waals surface area contributed by atoms with Gasteiger partial charge in [0.05, 0.1) is 18.1 Å². The summed E-state index contributed by atoms with van der Waals surface area (Å²) in [4.78, 5) is 4.39. The lowest BCUT2D eigenvalue weighted by Gasteiger charge is -2.17. The van der Waals surface area contributed by atoms with Crippen molar-refractivity contribution in [2.75, 3.05) is 12.8 Å². The molecule has 17 heavy (non-hydrogen) atoms. The molecule has 2 rings (SSSR count). The van der Waals surface area contributed by atoms with E-state index in [1.807, 2.05) is 18.2 Å². The third kappa shape index (κ3) is 1.95. The Labute approximate surface area is 101 Å². The van der Waals surface area contributed by atoms with Crippen LogP contribution in [0.4, 0.5) is 5.95 Å². The average molecular weight is 233 g/mol. The van der Waals surface area contributed by atoms with Crippen LogP contribution >= 0.6 is 0 Å².